The van der Waals surface area contributed by atoms with Crippen molar-refractivity contribution in [3.05, 3.63) is 41.1 Å². The van der Waals surface area contributed by atoms with E-state index in [0.29, 0.717) is 6.04 Å². The summed E-state index contributed by atoms with van der Waals surface area (Å²) in [6.45, 7) is 6.25. The molecule has 1 heterocycles. The first kappa shape index (κ1) is 15.8. The normalized spacial score (nSPS) is 15.4. The maximum Gasteiger partial charge on any atom is 0.225 e. The van der Waals surface area contributed by atoms with Gasteiger partial charge in [0.05, 0.1) is 0 Å². The lowest BCUT2D eigenvalue weighted by molar-refractivity contribution is 0.461. The molecule has 122 valence electrons. The minimum Gasteiger partial charge on any atom is -0.351 e. The summed E-state index contributed by atoms with van der Waals surface area (Å²) < 4.78 is 0. The summed E-state index contributed by atoms with van der Waals surface area (Å²) in [4.78, 5) is 9.22. The highest BCUT2D eigenvalue weighted by Gasteiger charge is 2.15. The number of hydrogen-bond donors (Lipinski definition) is 2. The predicted octanol–water partition coefficient (Wildman–Crippen LogP) is 4.89. The molecule has 0 amide bonds. The summed E-state index contributed by atoms with van der Waals surface area (Å²) in [6, 6.07) is 8.82. The Kier molecular flexibility index (Phi) is 4.79. The molecule has 1 aromatic carbocycles. The van der Waals surface area contributed by atoms with E-state index in [1.165, 1.54) is 43.2 Å². The molecular weight excluding hydrogens is 284 g/mol. The molecule has 0 saturated heterocycles. The summed E-state index contributed by atoms with van der Waals surface area (Å²) >= 11 is 0. The minimum atomic E-state index is 0.513. The second-order valence-corrected chi connectivity index (χ2v) is 6.59. The van der Waals surface area contributed by atoms with Crippen LogP contribution < -0.4 is 10.6 Å². The lowest BCUT2D eigenvalue weighted by Gasteiger charge is -2.23. The SMILES string of the molecule is Cc1cc(Nc2c(C)cccc2C)nc(NC2CCCCC2)n1. The molecule has 2 aromatic rings. The van der Waals surface area contributed by atoms with Crippen LogP contribution in [0.2, 0.25) is 0 Å². The molecule has 4 heteroatoms. The van der Waals surface area contributed by atoms with Crippen LogP contribution in [0.3, 0.4) is 0 Å². The van der Waals surface area contributed by atoms with E-state index in [1.807, 2.05) is 13.0 Å². The van der Waals surface area contributed by atoms with Crippen molar-refractivity contribution in [3.63, 3.8) is 0 Å². The Labute approximate surface area is 138 Å². The van der Waals surface area contributed by atoms with Crippen molar-refractivity contribution >= 4 is 17.5 Å². The third-order valence-corrected chi connectivity index (χ3v) is 4.53. The quantitative estimate of drug-likeness (QED) is 0.844. The zero-order valence-electron chi connectivity index (χ0n) is 14.3. The molecule has 1 saturated carbocycles. The van der Waals surface area contributed by atoms with Gasteiger partial charge in [0.15, 0.2) is 0 Å². The molecule has 0 bridgehead atoms. The van der Waals surface area contributed by atoms with Gasteiger partial charge in [-0.05, 0) is 44.7 Å². The van der Waals surface area contributed by atoms with Crippen LogP contribution >= 0.6 is 0 Å². The van der Waals surface area contributed by atoms with E-state index in [-0.39, 0.29) is 0 Å². The fourth-order valence-corrected chi connectivity index (χ4v) is 3.27. The Morgan fingerprint density at radius 3 is 2.35 bits per heavy atom. The van der Waals surface area contributed by atoms with Crippen LogP contribution in [0.1, 0.15) is 48.9 Å². The Morgan fingerprint density at radius 1 is 0.957 bits per heavy atom. The third kappa shape index (κ3) is 4.01. The van der Waals surface area contributed by atoms with Gasteiger partial charge in [0.2, 0.25) is 5.95 Å². The lowest BCUT2D eigenvalue weighted by Crippen LogP contribution is -2.23. The summed E-state index contributed by atoms with van der Waals surface area (Å²) in [6.07, 6.45) is 6.40. The van der Waals surface area contributed by atoms with Gasteiger partial charge in [-0.3, -0.25) is 0 Å². The standard InChI is InChI=1S/C19H26N4/c1-13-8-7-9-14(2)18(13)22-17-12-15(3)20-19(23-17)21-16-10-5-4-6-11-16/h7-9,12,16H,4-6,10-11H2,1-3H3,(H2,20,21,22,23). The number of aromatic nitrogens is 2. The highest BCUT2D eigenvalue weighted by atomic mass is 15.2. The van der Waals surface area contributed by atoms with Crippen LogP contribution in [-0.2, 0) is 0 Å². The van der Waals surface area contributed by atoms with E-state index in [9.17, 15) is 0 Å². The van der Waals surface area contributed by atoms with E-state index in [0.717, 1.165) is 23.1 Å². The number of benzene rings is 1. The zero-order chi connectivity index (χ0) is 16.2. The molecular formula is C19H26N4. The average molecular weight is 310 g/mol. The van der Waals surface area contributed by atoms with Gasteiger partial charge < -0.3 is 10.6 Å². The summed E-state index contributed by atoms with van der Waals surface area (Å²) in [5.41, 5.74) is 4.56. The van der Waals surface area contributed by atoms with Crippen molar-refractivity contribution in [2.24, 2.45) is 0 Å². The van der Waals surface area contributed by atoms with Crippen LogP contribution in [0.4, 0.5) is 17.5 Å². The zero-order valence-corrected chi connectivity index (χ0v) is 14.3. The molecule has 3 rings (SSSR count). The molecule has 0 atom stereocenters. The number of rotatable bonds is 4. The number of nitrogens with zero attached hydrogens (tertiary/aromatic N) is 2. The van der Waals surface area contributed by atoms with Crippen LogP contribution in [0.5, 0.6) is 0 Å². The Balaban J connectivity index is 1.80. The van der Waals surface area contributed by atoms with Gasteiger partial charge in [-0.1, -0.05) is 37.5 Å². The molecule has 1 aromatic heterocycles. The summed E-state index contributed by atoms with van der Waals surface area (Å²) in [5, 5.41) is 6.98. The van der Waals surface area contributed by atoms with Gasteiger partial charge >= 0.3 is 0 Å². The van der Waals surface area contributed by atoms with Crippen LogP contribution in [0.15, 0.2) is 24.3 Å². The van der Waals surface area contributed by atoms with Crippen molar-refractivity contribution in [2.45, 2.75) is 58.9 Å². The topological polar surface area (TPSA) is 49.8 Å². The van der Waals surface area contributed by atoms with Gasteiger partial charge in [0.1, 0.15) is 5.82 Å². The second kappa shape index (κ2) is 6.99. The van der Waals surface area contributed by atoms with Crippen LogP contribution in [-0.4, -0.2) is 16.0 Å². The Bertz CT molecular complexity index is 655. The van der Waals surface area contributed by atoms with Gasteiger partial charge in [0.25, 0.3) is 0 Å². The first-order valence-corrected chi connectivity index (χ1v) is 8.57. The minimum absolute atomic E-state index is 0.513. The Hall–Kier alpha value is -2.10. The van der Waals surface area contributed by atoms with Crippen molar-refractivity contribution in [1.82, 2.24) is 9.97 Å². The van der Waals surface area contributed by atoms with Gasteiger partial charge in [-0.25, -0.2) is 4.98 Å². The molecule has 0 aliphatic heterocycles. The highest BCUT2D eigenvalue weighted by Crippen LogP contribution is 2.25. The van der Waals surface area contributed by atoms with E-state index < -0.39 is 0 Å². The van der Waals surface area contributed by atoms with Crippen molar-refractivity contribution in [2.75, 3.05) is 10.6 Å². The maximum absolute atomic E-state index is 4.67. The second-order valence-electron chi connectivity index (χ2n) is 6.59. The molecule has 1 aliphatic rings. The summed E-state index contributed by atoms with van der Waals surface area (Å²) in [7, 11) is 0. The lowest BCUT2D eigenvalue weighted by atomic mass is 9.96. The number of para-hydroxylation sites is 1. The van der Waals surface area contributed by atoms with Crippen LogP contribution in [0, 0.1) is 20.8 Å². The van der Waals surface area contributed by atoms with Gasteiger partial charge in [-0.2, -0.15) is 4.98 Å². The first-order valence-electron chi connectivity index (χ1n) is 8.57. The third-order valence-electron chi connectivity index (χ3n) is 4.53. The molecule has 1 fully saturated rings. The van der Waals surface area contributed by atoms with Crippen LogP contribution in [0.25, 0.3) is 0 Å². The van der Waals surface area contributed by atoms with Gasteiger partial charge in [-0.15, -0.1) is 0 Å². The number of aryl methyl sites for hydroxylation is 3. The first-order chi connectivity index (χ1) is 11.1. The van der Waals surface area contributed by atoms with Crippen molar-refractivity contribution in [1.29, 1.82) is 0 Å². The Morgan fingerprint density at radius 2 is 1.65 bits per heavy atom. The summed E-state index contributed by atoms with van der Waals surface area (Å²) in [5.74, 6) is 1.60. The fourth-order valence-electron chi connectivity index (χ4n) is 3.27. The predicted molar refractivity (Wildman–Crippen MR) is 96.5 cm³/mol. The monoisotopic (exact) mass is 310 g/mol. The average Bonchev–Trinajstić information content (AvgIpc) is 2.51. The number of hydrogen-bond acceptors (Lipinski definition) is 4. The number of anilines is 3. The molecule has 0 radical (unpaired) electrons. The number of nitrogens with one attached hydrogen (secondary N) is 2. The molecule has 0 spiro atoms. The van der Waals surface area contributed by atoms with E-state index in [4.69, 9.17) is 0 Å². The van der Waals surface area contributed by atoms with E-state index in [1.54, 1.807) is 0 Å². The van der Waals surface area contributed by atoms with E-state index in [2.05, 4.69) is 52.6 Å². The molecule has 4 nitrogen and oxygen atoms in total. The highest BCUT2D eigenvalue weighted by molar-refractivity contribution is 5.65. The smallest absolute Gasteiger partial charge is 0.225 e. The van der Waals surface area contributed by atoms with E-state index >= 15 is 0 Å². The molecule has 23 heavy (non-hydrogen) atoms. The van der Waals surface area contributed by atoms with Crippen molar-refractivity contribution < 1.29 is 0 Å². The maximum atomic E-state index is 4.67. The fraction of sp³-hybridized carbons (Fsp3) is 0.474. The molecule has 2 N–H and O–H groups in total. The molecule has 0 unspecified atom stereocenters. The van der Waals surface area contributed by atoms with Crippen molar-refractivity contribution in [3.8, 4) is 0 Å². The largest absolute Gasteiger partial charge is 0.351 e. The van der Waals surface area contributed by atoms with Gasteiger partial charge in [0, 0.05) is 23.5 Å². The molecule has 1 aliphatic carbocycles.